The quantitative estimate of drug-likeness (QED) is 0.0810. The van der Waals surface area contributed by atoms with Gasteiger partial charge in [-0.1, -0.05) is 72.8 Å². The summed E-state index contributed by atoms with van der Waals surface area (Å²) in [7, 11) is -2.69. The number of hydrogen-bond donors (Lipinski definition) is 3. The molecular formula is C85H101F3N8O11S2. The summed E-state index contributed by atoms with van der Waals surface area (Å²) in [5.41, 5.74) is 7.34. The van der Waals surface area contributed by atoms with Crippen LogP contribution in [0, 0.1) is 94.4 Å². The molecule has 19 nitrogen and oxygen atoms in total. The van der Waals surface area contributed by atoms with Crippen LogP contribution in [0.25, 0.3) is 51.6 Å². The SMILES string of the molecule is CCOC(=O)NC1CCC2C(C1)CC1C(CC(=O)N1C)C2C=Cc1ccc(-c2cccc(F)c2)cn1.CCOC(=O)NC1CCC2C(C1)CC1C(CS(=O)(=O)N1C)C2C=Cc1ccc(-c2cccc(F)c2)cn1.CCOC(=O)NC1CCC2C(C1)CC1CS(=O)(=O)CC1C2C=Cc1ccc(-c2cccc(F)c2)cn1. The fourth-order valence-corrected chi connectivity index (χ4v) is 24.1. The first-order valence-electron chi connectivity index (χ1n) is 38.9. The fraction of sp³-hybridized carbons (Fsp3) is 0.494. The van der Waals surface area contributed by atoms with E-state index in [-0.39, 0.29) is 125 Å². The van der Waals surface area contributed by atoms with Crippen LogP contribution in [0.5, 0.6) is 0 Å². The second-order valence-electron chi connectivity index (χ2n) is 31.3. The molecule has 580 valence electrons. The van der Waals surface area contributed by atoms with Crippen LogP contribution in [0.4, 0.5) is 27.6 Å². The van der Waals surface area contributed by atoms with Gasteiger partial charge in [0.25, 0.3) is 0 Å². The molecule has 6 heterocycles. The summed E-state index contributed by atoms with van der Waals surface area (Å²) in [6.45, 7) is 6.43. The number of aromatic nitrogens is 3. The Balaban J connectivity index is 0.000000144. The van der Waals surface area contributed by atoms with Gasteiger partial charge in [0.15, 0.2) is 9.84 Å². The normalized spacial score (nSPS) is 30.5. The number of sulfone groups is 1. The lowest BCUT2D eigenvalue weighted by molar-refractivity contribution is -0.127. The number of hydrogen-bond acceptors (Lipinski definition) is 14. The number of likely N-dealkylation sites (tertiary alicyclic amines) is 1. The van der Waals surface area contributed by atoms with Gasteiger partial charge in [-0.25, -0.2) is 48.7 Å². The van der Waals surface area contributed by atoms with Crippen molar-refractivity contribution in [2.24, 2.45) is 76.9 Å². The number of alkyl carbamates (subject to hydrolysis) is 3. The van der Waals surface area contributed by atoms with E-state index in [1.165, 1.54) is 36.4 Å². The Morgan fingerprint density at radius 3 is 1.22 bits per heavy atom. The number of amides is 4. The molecule has 6 aromatic rings. The number of ether oxygens (including phenoxy) is 3. The van der Waals surface area contributed by atoms with Crippen molar-refractivity contribution in [1.82, 2.24) is 40.1 Å². The molecular weight excluding hydrogens is 1430 g/mol. The summed E-state index contributed by atoms with van der Waals surface area (Å²) in [6.07, 6.45) is 28.3. The fourth-order valence-electron chi connectivity index (χ4n) is 20.0. The molecule has 18 unspecified atom stereocenters. The van der Waals surface area contributed by atoms with Crippen LogP contribution in [-0.4, -0.2) is 147 Å². The van der Waals surface area contributed by atoms with Gasteiger partial charge in [0.1, 0.15) is 17.5 Å². The molecule has 24 heteroatoms. The summed E-state index contributed by atoms with van der Waals surface area (Å²) in [5.74, 6) is 3.64. The first kappa shape index (κ1) is 78.4. The van der Waals surface area contributed by atoms with Crippen molar-refractivity contribution in [1.29, 1.82) is 0 Å². The summed E-state index contributed by atoms with van der Waals surface area (Å²) in [6, 6.07) is 31.4. The Hall–Kier alpha value is -8.74. The molecule has 9 aliphatic rings. The highest BCUT2D eigenvalue weighted by atomic mass is 32.2. The van der Waals surface area contributed by atoms with E-state index in [2.05, 4.69) is 55.2 Å². The Morgan fingerprint density at radius 2 is 0.835 bits per heavy atom. The molecule has 3 aromatic heterocycles. The van der Waals surface area contributed by atoms with Crippen molar-refractivity contribution in [3.63, 3.8) is 0 Å². The number of nitrogens with one attached hydrogen (secondary N) is 3. The Morgan fingerprint density at radius 1 is 0.450 bits per heavy atom. The van der Waals surface area contributed by atoms with Crippen LogP contribution in [0.3, 0.4) is 0 Å². The number of benzene rings is 3. The standard InChI is InChI=1S/C29H34FN3O3.C28H34FN3O4S.C28H33FN2O4S/c1-3-36-29(35)32-23-10-11-24-20(14-23)15-27-26(16-28(34)33(27)2)25(24)12-9-22-8-7-19(17-31-22)18-5-4-6-21(30)13-18;1-3-36-28(33)31-23-10-11-24-20(14-23)15-27-26(17-37(34,35)32(27)2)25(24)12-9-22-8-7-19(16-30-22)18-5-4-6-21(29)13-18;1-2-35-28(32)31-24-9-10-25-20(14-24)12-21-16-36(33,34)17-27(21)26(25)11-8-23-7-6-19(15-30-23)18-4-3-5-22(29)13-18/h4-9,12-13,17,20,23-27H,3,10-11,14-16H2,1-2H3,(H,32,35);4-9,12-13,16,20,23-27H,3,10-11,14-15,17H2,1-2H3,(H,31,33);3-8,11,13,15,20-21,24-27H,2,9-10,12,14,16-17H2,1H3,(H,31,32). The topological polar surface area (TPSA) is 245 Å². The van der Waals surface area contributed by atoms with Crippen molar-refractivity contribution < 1.29 is 63.4 Å². The average molecular weight is 1530 g/mol. The number of allylic oxidation sites excluding steroid dienone is 3. The van der Waals surface area contributed by atoms with Crippen LogP contribution in [0.1, 0.15) is 121 Å². The van der Waals surface area contributed by atoms with Gasteiger partial charge in [0, 0.05) is 86.0 Å². The van der Waals surface area contributed by atoms with Crippen molar-refractivity contribution in [3.8, 4) is 33.4 Å². The molecule has 15 rings (SSSR count). The summed E-state index contributed by atoms with van der Waals surface area (Å²) in [4.78, 5) is 64.2. The summed E-state index contributed by atoms with van der Waals surface area (Å²) >= 11 is 0. The third kappa shape index (κ3) is 18.8. The van der Waals surface area contributed by atoms with Gasteiger partial charge in [-0.15, -0.1) is 0 Å². The van der Waals surface area contributed by atoms with Crippen molar-refractivity contribution in [2.45, 2.75) is 134 Å². The van der Waals surface area contributed by atoms with Crippen molar-refractivity contribution >= 4 is 62.3 Å². The zero-order valence-electron chi connectivity index (χ0n) is 62.6. The lowest BCUT2D eigenvalue weighted by Crippen LogP contribution is -2.50. The van der Waals surface area contributed by atoms with E-state index >= 15 is 0 Å². The highest BCUT2D eigenvalue weighted by Crippen LogP contribution is 2.55. The molecule has 6 saturated carbocycles. The molecule has 3 aromatic carbocycles. The molecule has 0 spiro atoms. The molecule has 3 saturated heterocycles. The third-order valence-corrected chi connectivity index (χ3v) is 28.8. The molecule has 9 fully saturated rings. The maximum atomic E-state index is 13.6. The first-order valence-corrected chi connectivity index (χ1v) is 42.3. The minimum atomic E-state index is -3.28. The number of carbonyl (C=O) groups is 4. The lowest BCUT2D eigenvalue weighted by atomic mass is 9.58. The number of halogens is 3. The summed E-state index contributed by atoms with van der Waals surface area (Å²) < 4.78 is 108. The minimum Gasteiger partial charge on any atom is -0.450 e. The Kier molecular flexibility index (Phi) is 24.9. The van der Waals surface area contributed by atoms with E-state index in [1.807, 2.05) is 85.6 Å². The minimum absolute atomic E-state index is 0.0358. The zero-order chi connectivity index (χ0) is 76.7. The molecule has 3 aliphatic heterocycles. The van der Waals surface area contributed by atoms with Gasteiger partial charge < -0.3 is 35.1 Å². The monoisotopic (exact) mass is 1530 g/mol. The van der Waals surface area contributed by atoms with E-state index < -0.39 is 19.9 Å². The van der Waals surface area contributed by atoms with E-state index in [0.29, 0.717) is 67.7 Å². The van der Waals surface area contributed by atoms with Crippen LogP contribution in [-0.2, 0) is 38.9 Å². The van der Waals surface area contributed by atoms with Crippen LogP contribution in [0.2, 0.25) is 0 Å². The molecule has 6 aliphatic carbocycles. The smallest absolute Gasteiger partial charge is 0.407 e. The highest BCUT2D eigenvalue weighted by molar-refractivity contribution is 7.91. The second kappa shape index (κ2) is 34.7. The Bertz CT molecular complexity index is 4530. The van der Waals surface area contributed by atoms with Gasteiger partial charge in [-0.3, -0.25) is 19.7 Å². The third-order valence-electron chi connectivity index (χ3n) is 25.0. The number of nitrogens with zero attached hydrogens (tertiary/aromatic N) is 5. The highest BCUT2D eigenvalue weighted by Gasteiger charge is 2.56. The van der Waals surface area contributed by atoms with Gasteiger partial charge >= 0.3 is 18.3 Å². The van der Waals surface area contributed by atoms with Crippen LogP contribution in [0.15, 0.2) is 146 Å². The second-order valence-corrected chi connectivity index (χ2v) is 35.6. The van der Waals surface area contributed by atoms with Crippen molar-refractivity contribution in [2.75, 3.05) is 51.2 Å². The molecule has 4 amide bonds. The Labute approximate surface area is 638 Å². The molecule has 3 N–H and O–H groups in total. The number of pyridine rings is 3. The number of sulfonamides is 1. The largest absolute Gasteiger partial charge is 0.450 e. The van der Waals surface area contributed by atoms with Gasteiger partial charge in [-0.2, -0.15) is 0 Å². The number of carbonyl (C=O) groups excluding carboxylic acids is 4. The van der Waals surface area contributed by atoms with Gasteiger partial charge in [0.05, 0.1) is 54.2 Å². The zero-order valence-corrected chi connectivity index (χ0v) is 64.2. The van der Waals surface area contributed by atoms with E-state index in [0.717, 1.165) is 128 Å². The predicted molar refractivity (Wildman–Crippen MR) is 414 cm³/mol. The van der Waals surface area contributed by atoms with Crippen molar-refractivity contribution in [3.05, 3.63) is 181 Å². The predicted octanol–water partition coefficient (Wildman–Crippen LogP) is 15.1. The number of rotatable bonds is 15. The van der Waals surface area contributed by atoms with Gasteiger partial charge in [-0.05, 0) is 264 Å². The molecule has 0 radical (unpaired) electrons. The van der Waals surface area contributed by atoms with E-state index in [9.17, 15) is 49.2 Å². The summed E-state index contributed by atoms with van der Waals surface area (Å²) in [5, 5.41) is 9.02. The van der Waals surface area contributed by atoms with E-state index in [4.69, 9.17) is 14.2 Å². The molecule has 0 bridgehead atoms. The van der Waals surface area contributed by atoms with Crippen LogP contribution < -0.4 is 16.0 Å². The molecule has 109 heavy (non-hydrogen) atoms. The lowest BCUT2D eigenvalue weighted by Gasteiger charge is -2.49. The maximum absolute atomic E-state index is 13.6. The van der Waals surface area contributed by atoms with E-state index in [1.54, 1.807) is 62.0 Å². The van der Waals surface area contributed by atoms with Gasteiger partial charge in [0.2, 0.25) is 15.9 Å². The average Bonchev–Trinajstić information content (AvgIpc) is 1.60. The maximum Gasteiger partial charge on any atom is 0.407 e. The number of fused-ring (bicyclic) bond motifs is 6. The van der Waals surface area contributed by atoms with Crippen LogP contribution >= 0.6 is 0 Å². The first-order chi connectivity index (χ1) is 52.5. The molecule has 18 atom stereocenters.